The SMILES string of the molecule is COc1ccc(/C=C2/N=C(c3ccc(F)c(F)c3)NC2=O)cc1Cl. The van der Waals surface area contributed by atoms with E-state index in [1.54, 1.807) is 18.2 Å². The fraction of sp³-hybridized carbons (Fsp3) is 0.0588. The van der Waals surface area contributed by atoms with Crippen molar-refractivity contribution in [3.05, 3.63) is 69.9 Å². The molecule has 0 bridgehead atoms. The molecule has 24 heavy (non-hydrogen) atoms. The maximum absolute atomic E-state index is 13.3. The first-order valence-corrected chi connectivity index (χ1v) is 7.26. The topological polar surface area (TPSA) is 50.7 Å². The molecule has 1 aliphatic rings. The Kier molecular flexibility index (Phi) is 4.31. The number of rotatable bonds is 3. The predicted molar refractivity (Wildman–Crippen MR) is 87.0 cm³/mol. The van der Waals surface area contributed by atoms with Crippen LogP contribution in [0.5, 0.6) is 5.75 Å². The molecular weight excluding hydrogens is 338 g/mol. The summed E-state index contributed by atoms with van der Waals surface area (Å²) in [6.07, 6.45) is 1.54. The van der Waals surface area contributed by atoms with Crippen molar-refractivity contribution in [2.45, 2.75) is 0 Å². The Hall–Kier alpha value is -2.73. The second-order valence-corrected chi connectivity index (χ2v) is 5.37. The molecule has 0 atom stereocenters. The average Bonchev–Trinajstić information content (AvgIpc) is 2.91. The van der Waals surface area contributed by atoms with Crippen molar-refractivity contribution >= 4 is 29.4 Å². The number of hydrogen-bond donors (Lipinski definition) is 1. The van der Waals surface area contributed by atoms with Crippen LogP contribution in [0.15, 0.2) is 47.1 Å². The highest BCUT2D eigenvalue weighted by Gasteiger charge is 2.22. The minimum absolute atomic E-state index is 0.135. The Morgan fingerprint density at radius 2 is 1.96 bits per heavy atom. The van der Waals surface area contributed by atoms with Crippen molar-refractivity contribution in [3.63, 3.8) is 0 Å². The van der Waals surface area contributed by atoms with Gasteiger partial charge in [0, 0.05) is 5.56 Å². The van der Waals surface area contributed by atoms with Crippen molar-refractivity contribution in [1.29, 1.82) is 0 Å². The molecule has 7 heteroatoms. The van der Waals surface area contributed by atoms with Gasteiger partial charge in [-0.2, -0.15) is 0 Å². The minimum atomic E-state index is -1.01. The van der Waals surface area contributed by atoms with Gasteiger partial charge < -0.3 is 10.1 Å². The number of nitrogens with one attached hydrogen (secondary N) is 1. The molecular formula is C17H11ClF2N2O2. The lowest BCUT2D eigenvalue weighted by Crippen LogP contribution is -2.24. The number of ether oxygens (including phenoxy) is 1. The van der Waals surface area contributed by atoms with Crippen LogP contribution in [-0.4, -0.2) is 18.9 Å². The Morgan fingerprint density at radius 3 is 2.62 bits per heavy atom. The number of carbonyl (C=O) groups excluding carboxylic acids is 1. The highest BCUT2D eigenvalue weighted by molar-refractivity contribution is 6.32. The van der Waals surface area contributed by atoms with E-state index in [0.29, 0.717) is 16.3 Å². The summed E-state index contributed by atoms with van der Waals surface area (Å²) in [6, 6.07) is 8.31. The summed E-state index contributed by atoms with van der Waals surface area (Å²) in [5.41, 5.74) is 1.07. The zero-order chi connectivity index (χ0) is 17.3. The van der Waals surface area contributed by atoms with Gasteiger partial charge in [-0.05, 0) is 42.0 Å². The van der Waals surface area contributed by atoms with Gasteiger partial charge in [0.15, 0.2) is 11.6 Å². The van der Waals surface area contributed by atoms with Crippen LogP contribution in [0, 0.1) is 11.6 Å². The molecule has 0 radical (unpaired) electrons. The van der Waals surface area contributed by atoms with Crippen molar-refractivity contribution in [2.75, 3.05) is 7.11 Å². The number of halogens is 3. The quantitative estimate of drug-likeness (QED) is 0.862. The van der Waals surface area contributed by atoms with E-state index in [2.05, 4.69) is 10.3 Å². The van der Waals surface area contributed by atoms with Crippen LogP contribution < -0.4 is 10.1 Å². The van der Waals surface area contributed by atoms with Gasteiger partial charge in [-0.25, -0.2) is 13.8 Å². The fourth-order valence-corrected chi connectivity index (χ4v) is 2.45. The van der Waals surface area contributed by atoms with Gasteiger partial charge in [-0.1, -0.05) is 17.7 Å². The molecule has 0 fully saturated rings. The van der Waals surface area contributed by atoms with E-state index in [0.717, 1.165) is 12.1 Å². The van der Waals surface area contributed by atoms with Crippen molar-refractivity contribution in [3.8, 4) is 5.75 Å². The van der Waals surface area contributed by atoms with Gasteiger partial charge in [-0.3, -0.25) is 4.79 Å². The standard InChI is InChI=1S/C17H11ClF2N2O2/c1-24-15-5-2-9(6-11(15)18)7-14-17(23)22-16(21-14)10-3-4-12(19)13(20)8-10/h2-8H,1H3,(H,21,22,23)/b14-7+. The number of carbonyl (C=O) groups is 1. The van der Waals surface area contributed by atoms with E-state index in [4.69, 9.17) is 16.3 Å². The van der Waals surface area contributed by atoms with E-state index >= 15 is 0 Å². The maximum atomic E-state index is 13.3. The van der Waals surface area contributed by atoms with Crippen LogP contribution >= 0.6 is 11.6 Å². The van der Waals surface area contributed by atoms with Crippen molar-refractivity contribution in [2.24, 2.45) is 4.99 Å². The van der Waals surface area contributed by atoms with E-state index in [9.17, 15) is 13.6 Å². The number of aliphatic imine (C=N–C) groups is 1. The minimum Gasteiger partial charge on any atom is -0.495 e. The Labute approximate surface area is 141 Å². The van der Waals surface area contributed by atoms with Gasteiger partial charge in [0.2, 0.25) is 0 Å². The van der Waals surface area contributed by atoms with Crippen molar-refractivity contribution in [1.82, 2.24) is 5.32 Å². The second-order valence-electron chi connectivity index (χ2n) is 4.97. The number of amidine groups is 1. The van der Waals surface area contributed by atoms with Crippen LogP contribution in [-0.2, 0) is 4.79 Å². The number of nitrogens with zero attached hydrogens (tertiary/aromatic N) is 1. The van der Waals surface area contributed by atoms with Gasteiger partial charge in [0.05, 0.1) is 12.1 Å². The van der Waals surface area contributed by atoms with Crippen LogP contribution in [0.3, 0.4) is 0 Å². The molecule has 1 heterocycles. The molecule has 0 unspecified atom stereocenters. The molecule has 0 saturated carbocycles. The first-order valence-electron chi connectivity index (χ1n) is 6.88. The van der Waals surface area contributed by atoms with E-state index in [-0.39, 0.29) is 17.1 Å². The van der Waals surface area contributed by atoms with E-state index in [1.165, 1.54) is 19.3 Å². The van der Waals surface area contributed by atoms with Crippen LogP contribution in [0.2, 0.25) is 5.02 Å². The zero-order valence-corrected chi connectivity index (χ0v) is 13.2. The first kappa shape index (κ1) is 16.1. The number of methoxy groups -OCH3 is 1. The summed E-state index contributed by atoms with van der Waals surface area (Å²) in [5, 5.41) is 2.92. The molecule has 0 aliphatic carbocycles. The summed E-state index contributed by atoms with van der Waals surface area (Å²) in [5.74, 6) is -1.75. The lowest BCUT2D eigenvalue weighted by Gasteiger charge is -2.03. The molecule has 3 rings (SSSR count). The highest BCUT2D eigenvalue weighted by atomic mass is 35.5. The molecule has 1 aliphatic heterocycles. The van der Waals surface area contributed by atoms with Crippen molar-refractivity contribution < 1.29 is 18.3 Å². The maximum Gasteiger partial charge on any atom is 0.275 e. The Morgan fingerprint density at radius 1 is 1.17 bits per heavy atom. The van der Waals surface area contributed by atoms with Crippen LogP contribution in [0.25, 0.3) is 6.08 Å². The molecule has 2 aromatic rings. The largest absolute Gasteiger partial charge is 0.495 e. The molecule has 1 N–H and O–H groups in total. The highest BCUT2D eigenvalue weighted by Crippen LogP contribution is 2.26. The molecule has 2 aromatic carbocycles. The number of benzene rings is 2. The monoisotopic (exact) mass is 348 g/mol. The molecule has 4 nitrogen and oxygen atoms in total. The summed E-state index contributed by atoms with van der Waals surface area (Å²) >= 11 is 6.04. The molecule has 1 amide bonds. The lowest BCUT2D eigenvalue weighted by molar-refractivity contribution is -0.115. The van der Waals surface area contributed by atoms with Gasteiger partial charge in [-0.15, -0.1) is 0 Å². The van der Waals surface area contributed by atoms with Gasteiger partial charge in [0.1, 0.15) is 17.3 Å². The van der Waals surface area contributed by atoms with Gasteiger partial charge in [0.25, 0.3) is 5.91 Å². The lowest BCUT2D eigenvalue weighted by atomic mass is 10.2. The Bertz CT molecular complexity index is 894. The van der Waals surface area contributed by atoms with E-state index in [1.807, 2.05) is 0 Å². The first-order chi connectivity index (χ1) is 11.5. The number of hydrogen-bond acceptors (Lipinski definition) is 3. The molecule has 0 saturated heterocycles. The fourth-order valence-electron chi connectivity index (χ4n) is 2.18. The average molecular weight is 349 g/mol. The summed E-state index contributed by atoms with van der Waals surface area (Å²) < 4.78 is 31.4. The van der Waals surface area contributed by atoms with E-state index < -0.39 is 17.5 Å². The predicted octanol–water partition coefficient (Wildman–Crippen LogP) is 3.54. The number of amides is 1. The summed E-state index contributed by atoms with van der Waals surface area (Å²) in [7, 11) is 1.50. The van der Waals surface area contributed by atoms with Crippen LogP contribution in [0.1, 0.15) is 11.1 Å². The summed E-state index contributed by atoms with van der Waals surface area (Å²) in [4.78, 5) is 16.1. The van der Waals surface area contributed by atoms with Crippen LogP contribution in [0.4, 0.5) is 8.78 Å². The molecule has 122 valence electrons. The normalized spacial score (nSPS) is 15.4. The third kappa shape index (κ3) is 3.14. The third-order valence-corrected chi connectivity index (χ3v) is 3.66. The second kappa shape index (κ2) is 6.41. The zero-order valence-electron chi connectivity index (χ0n) is 12.4. The molecule has 0 spiro atoms. The summed E-state index contributed by atoms with van der Waals surface area (Å²) in [6.45, 7) is 0. The smallest absolute Gasteiger partial charge is 0.275 e. The molecule has 0 aromatic heterocycles. The Balaban J connectivity index is 1.93. The van der Waals surface area contributed by atoms with Gasteiger partial charge >= 0.3 is 0 Å². The third-order valence-electron chi connectivity index (χ3n) is 3.37.